The molecule has 2 aromatic rings. The number of hydrazone groups is 1. The fourth-order valence-corrected chi connectivity index (χ4v) is 1.74. The van der Waals surface area contributed by atoms with E-state index in [1.807, 2.05) is 0 Å². The monoisotopic (exact) mass is 301 g/mol. The molecule has 7 heteroatoms. The zero-order chi connectivity index (χ0) is 15.9. The molecule has 114 valence electrons. The highest BCUT2D eigenvalue weighted by molar-refractivity contribution is 5.98. The molecule has 2 rings (SSSR count). The van der Waals surface area contributed by atoms with E-state index < -0.39 is 5.91 Å². The van der Waals surface area contributed by atoms with Crippen LogP contribution >= 0.6 is 0 Å². The zero-order valence-electron chi connectivity index (χ0n) is 12.1. The summed E-state index contributed by atoms with van der Waals surface area (Å²) in [5.41, 5.74) is 3.22. The van der Waals surface area contributed by atoms with Gasteiger partial charge >= 0.3 is 0 Å². The number of carbonyl (C=O) groups is 2. The average Bonchev–Trinajstić information content (AvgIpc) is 2.99. The molecule has 0 bridgehead atoms. The summed E-state index contributed by atoms with van der Waals surface area (Å²) in [6, 6.07) is 8.13. The van der Waals surface area contributed by atoms with Crippen molar-refractivity contribution in [1.82, 2.24) is 5.43 Å². The summed E-state index contributed by atoms with van der Waals surface area (Å²) in [5.74, 6) is 0.210. The quantitative estimate of drug-likeness (QED) is 0.652. The van der Waals surface area contributed by atoms with Crippen LogP contribution in [0.2, 0.25) is 0 Å². The summed E-state index contributed by atoms with van der Waals surface area (Å²) in [5, 5.41) is 6.41. The van der Waals surface area contributed by atoms with Crippen LogP contribution in [0, 0.1) is 0 Å². The maximum atomic E-state index is 12.1. The predicted molar refractivity (Wildman–Crippen MR) is 81.1 cm³/mol. The van der Waals surface area contributed by atoms with Gasteiger partial charge in [-0.25, -0.2) is 5.43 Å². The first kappa shape index (κ1) is 15.3. The first-order chi connectivity index (χ1) is 10.6. The number of rotatable bonds is 5. The van der Waals surface area contributed by atoms with Crippen molar-refractivity contribution in [2.24, 2.45) is 5.10 Å². The molecule has 0 aliphatic rings. The maximum Gasteiger partial charge on any atom is 0.275 e. The molecule has 0 aliphatic heterocycles. The van der Waals surface area contributed by atoms with E-state index in [-0.39, 0.29) is 5.91 Å². The molecule has 2 N–H and O–H groups in total. The van der Waals surface area contributed by atoms with Gasteiger partial charge in [-0.1, -0.05) is 0 Å². The second kappa shape index (κ2) is 7.07. The van der Waals surface area contributed by atoms with Gasteiger partial charge in [0, 0.05) is 18.7 Å². The van der Waals surface area contributed by atoms with Crippen molar-refractivity contribution in [3.05, 3.63) is 47.9 Å². The van der Waals surface area contributed by atoms with Gasteiger partial charge in [-0.15, -0.1) is 0 Å². The third kappa shape index (κ3) is 3.95. The Bertz CT molecular complexity index is 693. The van der Waals surface area contributed by atoms with Crippen LogP contribution < -0.4 is 15.5 Å². The standard InChI is InChI=1S/C15H15N3O4/c1-10(19)17-11-5-6-13(14(8-11)21-2)15(20)18-16-9-12-4-3-7-22-12/h3-9H,1-2H3,(H,17,19)(H,18,20)/b16-9+. The molecule has 0 spiro atoms. The van der Waals surface area contributed by atoms with E-state index in [4.69, 9.17) is 9.15 Å². The van der Waals surface area contributed by atoms with Crippen LogP contribution in [0.3, 0.4) is 0 Å². The zero-order valence-corrected chi connectivity index (χ0v) is 12.1. The molecule has 0 atom stereocenters. The molecule has 0 fully saturated rings. The molecular formula is C15H15N3O4. The van der Waals surface area contributed by atoms with E-state index in [1.54, 1.807) is 30.3 Å². The van der Waals surface area contributed by atoms with Gasteiger partial charge in [0.25, 0.3) is 5.91 Å². The number of ether oxygens (including phenoxy) is 1. The van der Waals surface area contributed by atoms with Crippen LogP contribution in [-0.2, 0) is 4.79 Å². The number of methoxy groups -OCH3 is 1. The Morgan fingerprint density at radius 3 is 2.77 bits per heavy atom. The lowest BCUT2D eigenvalue weighted by Crippen LogP contribution is -2.18. The Morgan fingerprint density at radius 1 is 1.32 bits per heavy atom. The normalized spacial score (nSPS) is 10.5. The number of hydrogen-bond donors (Lipinski definition) is 2. The lowest BCUT2D eigenvalue weighted by molar-refractivity contribution is -0.114. The van der Waals surface area contributed by atoms with Crippen molar-refractivity contribution < 1.29 is 18.7 Å². The summed E-state index contributed by atoms with van der Waals surface area (Å²) >= 11 is 0. The second-order valence-corrected chi connectivity index (χ2v) is 4.31. The number of furan rings is 1. The molecule has 0 saturated carbocycles. The topological polar surface area (TPSA) is 92.9 Å². The molecular weight excluding hydrogens is 286 g/mol. The molecule has 7 nitrogen and oxygen atoms in total. The highest BCUT2D eigenvalue weighted by Gasteiger charge is 2.12. The van der Waals surface area contributed by atoms with Gasteiger partial charge in [0.2, 0.25) is 5.91 Å². The molecule has 1 heterocycles. The first-order valence-corrected chi connectivity index (χ1v) is 6.42. The third-order valence-electron chi connectivity index (χ3n) is 2.67. The number of benzene rings is 1. The van der Waals surface area contributed by atoms with Crippen molar-refractivity contribution >= 4 is 23.7 Å². The Kier molecular flexibility index (Phi) is 4.92. The van der Waals surface area contributed by atoms with Crippen LogP contribution in [0.25, 0.3) is 0 Å². The predicted octanol–water partition coefficient (Wildman–Crippen LogP) is 2.01. The Labute approximate surface area is 127 Å². The van der Waals surface area contributed by atoms with Crippen molar-refractivity contribution in [1.29, 1.82) is 0 Å². The largest absolute Gasteiger partial charge is 0.496 e. The molecule has 0 unspecified atom stereocenters. The number of nitrogens with zero attached hydrogens (tertiary/aromatic N) is 1. The third-order valence-corrected chi connectivity index (χ3v) is 2.67. The average molecular weight is 301 g/mol. The summed E-state index contributed by atoms with van der Waals surface area (Å²) in [4.78, 5) is 23.1. The van der Waals surface area contributed by atoms with Gasteiger partial charge in [0.1, 0.15) is 11.5 Å². The van der Waals surface area contributed by atoms with Gasteiger partial charge in [-0.2, -0.15) is 5.10 Å². The van der Waals surface area contributed by atoms with Crippen LogP contribution in [0.4, 0.5) is 5.69 Å². The molecule has 0 saturated heterocycles. The summed E-state index contributed by atoms with van der Waals surface area (Å²) in [6.45, 7) is 1.40. The van der Waals surface area contributed by atoms with E-state index >= 15 is 0 Å². The Balaban J connectivity index is 2.09. The fourth-order valence-electron chi connectivity index (χ4n) is 1.74. The van der Waals surface area contributed by atoms with Gasteiger partial charge < -0.3 is 14.5 Å². The second-order valence-electron chi connectivity index (χ2n) is 4.31. The van der Waals surface area contributed by atoms with E-state index in [9.17, 15) is 9.59 Å². The molecule has 2 amide bonds. The van der Waals surface area contributed by atoms with E-state index in [2.05, 4.69) is 15.8 Å². The van der Waals surface area contributed by atoms with Crippen molar-refractivity contribution in [2.75, 3.05) is 12.4 Å². The number of amides is 2. The van der Waals surface area contributed by atoms with Crippen molar-refractivity contribution in [3.63, 3.8) is 0 Å². The van der Waals surface area contributed by atoms with Gasteiger partial charge in [0.15, 0.2) is 0 Å². The Hall–Kier alpha value is -3.09. The van der Waals surface area contributed by atoms with E-state index in [1.165, 1.54) is 26.5 Å². The minimum atomic E-state index is -0.436. The highest BCUT2D eigenvalue weighted by atomic mass is 16.5. The molecule has 1 aromatic carbocycles. The fraction of sp³-hybridized carbons (Fsp3) is 0.133. The molecule has 22 heavy (non-hydrogen) atoms. The van der Waals surface area contributed by atoms with Crippen LogP contribution in [0.15, 0.2) is 46.1 Å². The van der Waals surface area contributed by atoms with Crippen LogP contribution in [0.1, 0.15) is 23.0 Å². The lowest BCUT2D eigenvalue weighted by Gasteiger charge is -2.09. The number of hydrogen-bond acceptors (Lipinski definition) is 5. The summed E-state index contributed by atoms with van der Waals surface area (Å²) in [7, 11) is 1.44. The summed E-state index contributed by atoms with van der Waals surface area (Å²) < 4.78 is 10.2. The minimum absolute atomic E-state index is 0.206. The highest BCUT2D eigenvalue weighted by Crippen LogP contribution is 2.23. The van der Waals surface area contributed by atoms with Crippen molar-refractivity contribution in [3.8, 4) is 5.75 Å². The molecule has 0 radical (unpaired) electrons. The van der Waals surface area contributed by atoms with Gasteiger partial charge in [0.05, 0.1) is 25.2 Å². The van der Waals surface area contributed by atoms with Crippen LogP contribution in [0.5, 0.6) is 5.75 Å². The smallest absolute Gasteiger partial charge is 0.275 e. The number of nitrogens with one attached hydrogen (secondary N) is 2. The van der Waals surface area contributed by atoms with Crippen LogP contribution in [-0.4, -0.2) is 25.1 Å². The first-order valence-electron chi connectivity index (χ1n) is 6.42. The number of anilines is 1. The molecule has 1 aromatic heterocycles. The van der Waals surface area contributed by atoms with Gasteiger partial charge in [-0.05, 0) is 24.3 Å². The minimum Gasteiger partial charge on any atom is -0.496 e. The Morgan fingerprint density at radius 2 is 2.14 bits per heavy atom. The SMILES string of the molecule is COc1cc(NC(C)=O)ccc1C(=O)N/N=C/c1ccco1. The summed E-state index contributed by atoms with van der Waals surface area (Å²) in [6.07, 6.45) is 2.89. The van der Waals surface area contributed by atoms with E-state index in [0.29, 0.717) is 22.8 Å². The number of carbonyl (C=O) groups excluding carboxylic acids is 2. The maximum absolute atomic E-state index is 12.1. The molecule has 0 aliphatic carbocycles. The van der Waals surface area contributed by atoms with Gasteiger partial charge in [-0.3, -0.25) is 9.59 Å². The lowest BCUT2D eigenvalue weighted by atomic mass is 10.1. The van der Waals surface area contributed by atoms with E-state index in [0.717, 1.165) is 0 Å². The van der Waals surface area contributed by atoms with Crippen molar-refractivity contribution in [2.45, 2.75) is 6.92 Å².